The second-order valence-electron chi connectivity index (χ2n) is 5.42. The second kappa shape index (κ2) is 3.98. The van der Waals surface area contributed by atoms with Gasteiger partial charge in [0.25, 0.3) is 0 Å². The van der Waals surface area contributed by atoms with Gasteiger partial charge in [-0.3, -0.25) is 4.79 Å². The third kappa shape index (κ3) is 2.16. The molecule has 2 rings (SSSR count). The maximum absolute atomic E-state index is 12.1. The fraction of sp³-hybridized carbons (Fsp3) is 0.357. The topological polar surface area (TPSA) is 32.9 Å². The number of H-pyrrole nitrogens is 1. The minimum atomic E-state index is -0.0590. The first-order valence-corrected chi connectivity index (χ1v) is 6.42. The van der Waals surface area contributed by atoms with Crippen LogP contribution < -0.4 is 5.43 Å². The lowest BCUT2D eigenvalue weighted by molar-refractivity contribution is 0.571. The summed E-state index contributed by atoms with van der Waals surface area (Å²) in [5, 5.41) is 0.732. The highest BCUT2D eigenvalue weighted by atomic mass is 79.9. The van der Waals surface area contributed by atoms with Crippen molar-refractivity contribution in [3.63, 3.8) is 0 Å². The van der Waals surface area contributed by atoms with Crippen LogP contribution in [0.2, 0.25) is 0 Å². The number of aromatic amines is 1. The van der Waals surface area contributed by atoms with Crippen LogP contribution in [-0.4, -0.2) is 4.98 Å². The van der Waals surface area contributed by atoms with E-state index < -0.39 is 0 Å². The minimum Gasteiger partial charge on any atom is -0.357 e. The number of fused-ring (bicyclic) bond motifs is 1. The summed E-state index contributed by atoms with van der Waals surface area (Å²) in [6.07, 6.45) is 0. The molecule has 1 aromatic heterocycles. The molecule has 0 bridgehead atoms. The summed E-state index contributed by atoms with van der Waals surface area (Å²) in [7, 11) is 0. The monoisotopic (exact) mass is 293 g/mol. The summed E-state index contributed by atoms with van der Waals surface area (Å²) in [5.74, 6) is 0. The van der Waals surface area contributed by atoms with Gasteiger partial charge >= 0.3 is 0 Å². The Bertz CT molecular complexity index is 635. The normalized spacial score (nSPS) is 12.1. The van der Waals surface area contributed by atoms with Gasteiger partial charge in [0, 0.05) is 27.0 Å². The van der Waals surface area contributed by atoms with Crippen LogP contribution in [0.4, 0.5) is 0 Å². The predicted octanol–water partition coefficient (Wildman–Crippen LogP) is 3.90. The number of aromatic nitrogens is 1. The van der Waals surface area contributed by atoms with Crippen LogP contribution in [0.15, 0.2) is 27.5 Å². The highest BCUT2D eigenvalue weighted by molar-refractivity contribution is 9.10. The molecule has 1 aromatic carbocycles. The third-order valence-electron chi connectivity index (χ3n) is 2.94. The molecule has 1 heterocycles. The zero-order valence-electron chi connectivity index (χ0n) is 10.5. The number of aryl methyl sites for hydroxylation is 1. The lowest BCUT2D eigenvalue weighted by Gasteiger charge is -2.19. The SMILES string of the molecule is Cc1ccc2c(=O)cc(C(C)(C)C)[nH]c2c1Br. The highest BCUT2D eigenvalue weighted by Crippen LogP contribution is 2.27. The highest BCUT2D eigenvalue weighted by Gasteiger charge is 2.17. The van der Waals surface area contributed by atoms with E-state index in [1.165, 1.54) is 0 Å². The Hall–Kier alpha value is -1.09. The van der Waals surface area contributed by atoms with Gasteiger partial charge in [-0.25, -0.2) is 0 Å². The van der Waals surface area contributed by atoms with Gasteiger partial charge in [0.05, 0.1) is 5.52 Å². The fourth-order valence-electron chi connectivity index (χ4n) is 1.79. The molecule has 3 heteroatoms. The number of pyridine rings is 1. The van der Waals surface area contributed by atoms with E-state index in [0.717, 1.165) is 26.6 Å². The van der Waals surface area contributed by atoms with Crippen molar-refractivity contribution in [2.45, 2.75) is 33.1 Å². The Labute approximate surface area is 109 Å². The molecule has 0 spiro atoms. The maximum Gasteiger partial charge on any atom is 0.189 e. The van der Waals surface area contributed by atoms with Crippen molar-refractivity contribution in [2.24, 2.45) is 0 Å². The first-order chi connectivity index (χ1) is 7.80. The summed E-state index contributed by atoms with van der Waals surface area (Å²) in [6, 6.07) is 5.53. The third-order valence-corrected chi connectivity index (χ3v) is 3.97. The van der Waals surface area contributed by atoms with Gasteiger partial charge in [0.15, 0.2) is 5.43 Å². The van der Waals surface area contributed by atoms with Crippen LogP contribution in [0.1, 0.15) is 32.0 Å². The molecule has 0 amide bonds. The molecule has 0 radical (unpaired) electrons. The van der Waals surface area contributed by atoms with Crippen LogP contribution in [0, 0.1) is 6.92 Å². The zero-order chi connectivity index (χ0) is 12.8. The Kier molecular flexibility index (Phi) is 2.90. The van der Waals surface area contributed by atoms with Gasteiger partial charge in [0.1, 0.15) is 0 Å². The average molecular weight is 294 g/mol. The molecule has 17 heavy (non-hydrogen) atoms. The van der Waals surface area contributed by atoms with Crippen LogP contribution in [0.3, 0.4) is 0 Å². The number of hydrogen-bond acceptors (Lipinski definition) is 1. The maximum atomic E-state index is 12.1. The number of nitrogens with one attached hydrogen (secondary N) is 1. The van der Waals surface area contributed by atoms with Crippen molar-refractivity contribution in [3.05, 3.63) is 44.2 Å². The Morgan fingerprint density at radius 3 is 2.47 bits per heavy atom. The van der Waals surface area contributed by atoms with E-state index >= 15 is 0 Å². The summed E-state index contributed by atoms with van der Waals surface area (Å²) < 4.78 is 0.971. The minimum absolute atomic E-state index is 0.0590. The molecule has 0 atom stereocenters. The van der Waals surface area contributed by atoms with Gasteiger partial charge < -0.3 is 4.98 Å². The molecule has 0 aliphatic heterocycles. The number of halogens is 1. The summed E-state index contributed by atoms with van der Waals surface area (Å²) in [4.78, 5) is 15.4. The molecule has 2 nitrogen and oxygen atoms in total. The van der Waals surface area contributed by atoms with Crippen LogP contribution in [0.5, 0.6) is 0 Å². The van der Waals surface area contributed by atoms with Gasteiger partial charge in [-0.05, 0) is 34.5 Å². The van der Waals surface area contributed by atoms with Crippen molar-refractivity contribution < 1.29 is 0 Å². The molecule has 0 aliphatic carbocycles. The van der Waals surface area contributed by atoms with E-state index in [9.17, 15) is 4.79 Å². The number of benzene rings is 1. The van der Waals surface area contributed by atoms with Gasteiger partial charge in [-0.1, -0.05) is 26.8 Å². The van der Waals surface area contributed by atoms with Gasteiger partial charge in [-0.15, -0.1) is 0 Å². The average Bonchev–Trinajstić information content (AvgIpc) is 2.22. The van der Waals surface area contributed by atoms with E-state index in [-0.39, 0.29) is 10.8 Å². The summed E-state index contributed by atoms with van der Waals surface area (Å²) in [5.41, 5.74) is 2.99. The molecule has 0 saturated carbocycles. The van der Waals surface area contributed by atoms with E-state index in [2.05, 4.69) is 41.7 Å². The zero-order valence-corrected chi connectivity index (χ0v) is 12.1. The number of hydrogen-bond donors (Lipinski definition) is 1. The molecule has 0 aliphatic rings. The number of rotatable bonds is 0. The molecule has 0 unspecified atom stereocenters. The van der Waals surface area contributed by atoms with E-state index in [1.807, 2.05) is 19.1 Å². The molecular formula is C14H16BrNO. The molecule has 0 saturated heterocycles. The van der Waals surface area contributed by atoms with Crippen molar-refractivity contribution in [2.75, 3.05) is 0 Å². The summed E-state index contributed by atoms with van der Waals surface area (Å²) in [6.45, 7) is 8.29. The second-order valence-corrected chi connectivity index (χ2v) is 6.21. The van der Waals surface area contributed by atoms with Crippen molar-refractivity contribution in [1.29, 1.82) is 0 Å². The van der Waals surface area contributed by atoms with Crippen LogP contribution >= 0.6 is 15.9 Å². The lowest BCUT2D eigenvalue weighted by atomic mass is 9.91. The van der Waals surface area contributed by atoms with Crippen molar-refractivity contribution in [3.8, 4) is 0 Å². The Morgan fingerprint density at radius 1 is 1.24 bits per heavy atom. The first-order valence-electron chi connectivity index (χ1n) is 5.63. The van der Waals surface area contributed by atoms with Crippen LogP contribution in [-0.2, 0) is 5.41 Å². The van der Waals surface area contributed by atoms with E-state index in [4.69, 9.17) is 0 Å². The molecule has 2 aromatic rings. The Morgan fingerprint density at radius 2 is 1.88 bits per heavy atom. The van der Waals surface area contributed by atoms with E-state index in [0.29, 0.717) is 0 Å². The van der Waals surface area contributed by atoms with E-state index in [1.54, 1.807) is 6.07 Å². The van der Waals surface area contributed by atoms with Gasteiger partial charge in [-0.2, -0.15) is 0 Å². The van der Waals surface area contributed by atoms with Gasteiger partial charge in [0.2, 0.25) is 0 Å². The van der Waals surface area contributed by atoms with Crippen molar-refractivity contribution >= 4 is 26.8 Å². The lowest BCUT2D eigenvalue weighted by Crippen LogP contribution is -2.17. The molecule has 0 fully saturated rings. The standard InChI is InChI=1S/C14H16BrNO/c1-8-5-6-9-10(17)7-11(14(2,3)4)16-13(9)12(8)15/h5-7H,1-4H3,(H,16,17). The molecule has 1 N–H and O–H groups in total. The summed E-state index contributed by atoms with van der Waals surface area (Å²) >= 11 is 3.55. The fourth-order valence-corrected chi connectivity index (χ4v) is 2.24. The quantitative estimate of drug-likeness (QED) is 0.785. The molecular weight excluding hydrogens is 278 g/mol. The largest absolute Gasteiger partial charge is 0.357 e. The first kappa shape index (κ1) is 12.4. The smallest absolute Gasteiger partial charge is 0.189 e. The predicted molar refractivity (Wildman–Crippen MR) is 75.7 cm³/mol. The Balaban J connectivity index is 2.89. The van der Waals surface area contributed by atoms with Crippen molar-refractivity contribution in [1.82, 2.24) is 4.98 Å². The molecule has 90 valence electrons. The van der Waals surface area contributed by atoms with Crippen LogP contribution in [0.25, 0.3) is 10.9 Å².